The molecule has 3 saturated heterocycles. The number of aryl methyl sites for hydroxylation is 1. The summed E-state index contributed by atoms with van der Waals surface area (Å²) in [6.07, 6.45) is 2.88. The van der Waals surface area contributed by atoms with E-state index in [1.807, 2.05) is 0 Å². The summed E-state index contributed by atoms with van der Waals surface area (Å²) in [4.78, 5) is 2.58. The van der Waals surface area contributed by atoms with Crippen LogP contribution >= 0.6 is 11.9 Å². The van der Waals surface area contributed by atoms with Crippen LogP contribution in [0.2, 0.25) is 0 Å². The first-order valence-electron chi connectivity index (χ1n) is 9.39. The van der Waals surface area contributed by atoms with Crippen LogP contribution in [0.15, 0.2) is 17.0 Å². The Bertz CT molecular complexity index is 623. The van der Waals surface area contributed by atoms with Crippen molar-refractivity contribution in [3.8, 4) is 0 Å². The Morgan fingerprint density at radius 3 is 2.38 bits per heavy atom. The number of hydrogen-bond donors (Lipinski definition) is 0. The van der Waals surface area contributed by atoms with Gasteiger partial charge in [-0.2, -0.15) is 0 Å². The van der Waals surface area contributed by atoms with Crippen LogP contribution < -0.4 is 0 Å². The maximum Gasteiger partial charge on any atom is 0.141 e. The third kappa shape index (κ3) is 3.92. The van der Waals surface area contributed by atoms with E-state index in [9.17, 15) is 8.78 Å². The molecular formula is C19H26F2N2O2S. The molecule has 7 heteroatoms. The number of ether oxygens (including phenoxy) is 2. The van der Waals surface area contributed by atoms with Gasteiger partial charge in [0.2, 0.25) is 0 Å². The van der Waals surface area contributed by atoms with E-state index in [1.54, 1.807) is 6.92 Å². The Morgan fingerprint density at radius 1 is 1.08 bits per heavy atom. The molecule has 1 aromatic rings. The summed E-state index contributed by atoms with van der Waals surface area (Å²) in [5.41, 5.74) is 0.542. The van der Waals surface area contributed by atoms with Crippen molar-refractivity contribution in [3.63, 3.8) is 0 Å². The van der Waals surface area contributed by atoms with Crippen molar-refractivity contribution in [2.24, 2.45) is 0 Å². The normalized spacial score (nSPS) is 27.3. The lowest BCUT2D eigenvalue weighted by molar-refractivity contribution is -0.0318. The molecule has 1 atom stereocenters. The lowest BCUT2D eigenvalue weighted by atomic mass is 9.88. The van der Waals surface area contributed by atoms with E-state index in [1.165, 1.54) is 24.1 Å². The fourth-order valence-corrected chi connectivity index (χ4v) is 5.15. The minimum atomic E-state index is -0.475. The van der Waals surface area contributed by atoms with Gasteiger partial charge in [0, 0.05) is 32.2 Å². The van der Waals surface area contributed by atoms with Crippen LogP contribution in [0, 0.1) is 18.6 Å². The van der Waals surface area contributed by atoms with E-state index in [-0.39, 0.29) is 10.5 Å². The highest BCUT2D eigenvalue weighted by atomic mass is 32.2. The molecule has 0 aromatic heterocycles. The maximum atomic E-state index is 14.1. The van der Waals surface area contributed by atoms with Gasteiger partial charge in [0.25, 0.3) is 0 Å². The van der Waals surface area contributed by atoms with Crippen LogP contribution in [0.25, 0.3) is 0 Å². The van der Waals surface area contributed by atoms with Crippen LogP contribution in [0.1, 0.15) is 24.8 Å². The number of halogens is 2. The van der Waals surface area contributed by atoms with Crippen molar-refractivity contribution < 1.29 is 18.3 Å². The molecule has 3 heterocycles. The van der Waals surface area contributed by atoms with Crippen LogP contribution in [0.5, 0.6) is 0 Å². The monoisotopic (exact) mass is 384 g/mol. The molecule has 26 heavy (non-hydrogen) atoms. The molecule has 0 amide bonds. The standard InChI is InChI=1S/C19H26F2N2O2S/c1-14-10-16(20)18(17(21)11-14)26-23-4-2-19(3-5-23)12-15(13-25-19)22-6-8-24-9-7-22/h10-11,15H,2-9,12-13H2,1H3. The molecular weight excluding hydrogens is 358 g/mol. The molecule has 1 spiro atoms. The molecule has 3 aliphatic rings. The minimum Gasteiger partial charge on any atom is -0.379 e. The first-order chi connectivity index (χ1) is 12.5. The van der Waals surface area contributed by atoms with Gasteiger partial charge in [0.1, 0.15) is 11.6 Å². The highest BCUT2D eigenvalue weighted by molar-refractivity contribution is 7.97. The first kappa shape index (κ1) is 18.6. The van der Waals surface area contributed by atoms with E-state index < -0.39 is 11.6 Å². The third-order valence-electron chi connectivity index (χ3n) is 5.75. The molecule has 3 aliphatic heterocycles. The predicted octanol–water partition coefficient (Wildman–Crippen LogP) is 3.24. The second-order valence-electron chi connectivity index (χ2n) is 7.58. The molecule has 0 radical (unpaired) electrons. The zero-order chi connectivity index (χ0) is 18.1. The zero-order valence-corrected chi connectivity index (χ0v) is 16.0. The van der Waals surface area contributed by atoms with Gasteiger partial charge in [-0.3, -0.25) is 4.90 Å². The second-order valence-corrected chi connectivity index (χ2v) is 8.69. The van der Waals surface area contributed by atoms with Crippen molar-refractivity contribution in [3.05, 3.63) is 29.3 Å². The van der Waals surface area contributed by atoms with Gasteiger partial charge >= 0.3 is 0 Å². The average molecular weight is 384 g/mol. The maximum absolute atomic E-state index is 14.1. The molecule has 0 saturated carbocycles. The van der Waals surface area contributed by atoms with Crippen LogP contribution in [-0.2, 0) is 9.47 Å². The fourth-order valence-electron chi connectivity index (χ4n) is 4.23. The van der Waals surface area contributed by atoms with Gasteiger partial charge in [-0.15, -0.1) is 0 Å². The lowest BCUT2D eigenvalue weighted by Gasteiger charge is -2.38. The number of benzene rings is 1. The summed E-state index contributed by atoms with van der Waals surface area (Å²) in [5.74, 6) is -0.949. The quantitative estimate of drug-likeness (QED) is 0.745. The first-order valence-corrected chi connectivity index (χ1v) is 10.2. The average Bonchev–Trinajstić information content (AvgIpc) is 3.04. The molecule has 144 valence electrons. The highest BCUT2D eigenvalue weighted by Gasteiger charge is 2.44. The van der Waals surface area contributed by atoms with Crippen molar-refractivity contribution in [2.45, 2.75) is 42.7 Å². The number of piperidine rings is 1. The summed E-state index contributed by atoms with van der Waals surface area (Å²) < 4.78 is 41.9. The van der Waals surface area contributed by atoms with Crippen molar-refractivity contribution >= 4 is 11.9 Å². The van der Waals surface area contributed by atoms with E-state index in [0.717, 1.165) is 65.3 Å². The molecule has 0 bridgehead atoms. The minimum absolute atomic E-state index is 0.0651. The summed E-state index contributed by atoms with van der Waals surface area (Å²) in [5, 5.41) is 0. The number of morpholine rings is 1. The SMILES string of the molecule is Cc1cc(F)c(SN2CCC3(CC2)CC(N2CCOCC2)CO3)c(F)c1. The third-order valence-corrected chi connectivity index (χ3v) is 6.94. The van der Waals surface area contributed by atoms with Gasteiger partial charge in [-0.1, -0.05) is 0 Å². The zero-order valence-electron chi connectivity index (χ0n) is 15.2. The summed E-state index contributed by atoms with van der Waals surface area (Å²) in [6.45, 7) is 7.64. The summed E-state index contributed by atoms with van der Waals surface area (Å²) >= 11 is 1.20. The van der Waals surface area contributed by atoms with Gasteiger partial charge in [-0.05, 0) is 55.8 Å². The van der Waals surface area contributed by atoms with Gasteiger partial charge < -0.3 is 9.47 Å². The lowest BCUT2D eigenvalue weighted by Crippen LogP contribution is -2.46. The van der Waals surface area contributed by atoms with Crippen LogP contribution in [-0.4, -0.2) is 66.8 Å². The topological polar surface area (TPSA) is 24.9 Å². The van der Waals surface area contributed by atoms with Gasteiger partial charge in [-0.25, -0.2) is 13.1 Å². The molecule has 4 rings (SSSR count). The van der Waals surface area contributed by atoms with E-state index in [0.29, 0.717) is 11.6 Å². The molecule has 0 N–H and O–H groups in total. The second kappa shape index (κ2) is 7.72. The predicted molar refractivity (Wildman–Crippen MR) is 97.2 cm³/mol. The Kier molecular flexibility index (Phi) is 5.53. The molecule has 1 unspecified atom stereocenters. The van der Waals surface area contributed by atoms with Gasteiger partial charge in [0.05, 0.1) is 30.3 Å². The summed E-state index contributed by atoms with van der Waals surface area (Å²) in [7, 11) is 0. The van der Waals surface area contributed by atoms with Crippen LogP contribution in [0.3, 0.4) is 0 Å². The van der Waals surface area contributed by atoms with Crippen LogP contribution in [0.4, 0.5) is 8.78 Å². The summed E-state index contributed by atoms with van der Waals surface area (Å²) in [6, 6.07) is 3.26. The largest absolute Gasteiger partial charge is 0.379 e. The highest BCUT2D eigenvalue weighted by Crippen LogP contribution is 2.40. The molecule has 3 fully saturated rings. The molecule has 1 aromatic carbocycles. The Morgan fingerprint density at radius 2 is 1.73 bits per heavy atom. The Balaban J connectivity index is 1.33. The molecule has 0 aliphatic carbocycles. The van der Waals surface area contributed by atoms with E-state index in [2.05, 4.69) is 9.21 Å². The smallest absolute Gasteiger partial charge is 0.141 e. The van der Waals surface area contributed by atoms with Crippen molar-refractivity contribution in [1.29, 1.82) is 0 Å². The number of rotatable bonds is 3. The Labute approximate surface area is 157 Å². The van der Waals surface area contributed by atoms with Crippen molar-refractivity contribution in [2.75, 3.05) is 46.0 Å². The fraction of sp³-hybridized carbons (Fsp3) is 0.684. The van der Waals surface area contributed by atoms with Gasteiger partial charge in [0.15, 0.2) is 0 Å². The molecule has 4 nitrogen and oxygen atoms in total. The van der Waals surface area contributed by atoms with Crippen molar-refractivity contribution in [1.82, 2.24) is 9.21 Å². The Hall–Kier alpha value is -0.730. The number of hydrogen-bond acceptors (Lipinski definition) is 5. The number of nitrogens with zero attached hydrogens (tertiary/aromatic N) is 2. The van der Waals surface area contributed by atoms with E-state index >= 15 is 0 Å². The van der Waals surface area contributed by atoms with E-state index in [4.69, 9.17) is 9.47 Å².